The van der Waals surface area contributed by atoms with Gasteiger partial charge in [-0.25, -0.2) is 4.39 Å². The number of nitrogens with zero attached hydrogens (tertiary/aromatic N) is 1. The minimum absolute atomic E-state index is 0.0817. The third-order valence-electron chi connectivity index (χ3n) is 2.22. The molecule has 0 saturated carbocycles. The Morgan fingerprint density at radius 3 is 2.82 bits per heavy atom. The molecule has 0 atom stereocenters. The van der Waals surface area contributed by atoms with Crippen molar-refractivity contribution in [3.63, 3.8) is 0 Å². The number of ether oxygens (including phenoxy) is 1. The highest BCUT2D eigenvalue weighted by Gasteiger charge is 2.23. The van der Waals surface area contributed by atoms with Gasteiger partial charge in [0.1, 0.15) is 0 Å². The molecule has 17 heavy (non-hydrogen) atoms. The second-order valence-corrected chi connectivity index (χ2v) is 3.61. The molecule has 7 heteroatoms. The molecule has 0 saturated heterocycles. The summed E-state index contributed by atoms with van der Waals surface area (Å²) in [4.78, 5) is 0. The predicted octanol–water partition coefficient (Wildman–Crippen LogP) is 2.43. The van der Waals surface area contributed by atoms with Crippen molar-refractivity contribution in [1.29, 1.82) is 0 Å². The Kier molecular flexibility index (Phi) is 2.81. The number of phenolic OH excluding ortho intramolecular Hbond substituents is 1. The average Bonchev–Trinajstić information content (AvgIpc) is 2.69. The van der Waals surface area contributed by atoms with E-state index in [1.807, 2.05) is 0 Å². The molecule has 0 fully saturated rings. The molecule has 0 radical (unpaired) electrons. The number of hydrogen-bond acceptors (Lipinski definition) is 5. The van der Waals surface area contributed by atoms with Gasteiger partial charge in [0.25, 0.3) is 0 Å². The van der Waals surface area contributed by atoms with Gasteiger partial charge in [-0.2, -0.15) is 0 Å². The van der Waals surface area contributed by atoms with Crippen molar-refractivity contribution in [2.24, 2.45) is 0 Å². The summed E-state index contributed by atoms with van der Waals surface area (Å²) in [6.07, 6.45) is 1.21. The van der Waals surface area contributed by atoms with E-state index in [2.05, 4.69) is 9.68 Å². The number of anilines is 1. The molecule has 2 rings (SSSR count). The topological polar surface area (TPSA) is 81.5 Å². The first kappa shape index (κ1) is 11.5. The van der Waals surface area contributed by atoms with Gasteiger partial charge in [0.15, 0.2) is 17.3 Å². The largest absolute Gasteiger partial charge is 0.504 e. The van der Waals surface area contributed by atoms with Gasteiger partial charge < -0.3 is 20.1 Å². The maximum absolute atomic E-state index is 13.9. The van der Waals surface area contributed by atoms with Gasteiger partial charge in [-0.15, -0.1) is 0 Å². The van der Waals surface area contributed by atoms with E-state index < -0.39 is 5.82 Å². The average molecular weight is 259 g/mol. The first-order valence-electron chi connectivity index (χ1n) is 4.51. The highest BCUT2D eigenvalue weighted by molar-refractivity contribution is 6.31. The van der Waals surface area contributed by atoms with E-state index in [0.29, 0.717) is 0 Å². The van der Waals surface area contributed by atoms with E-state index >= 15 is 0 Å². The second-order valence-electron chi connectivity index (χ2n) is 3.20. The molecule has 3 N–H and O–H groups in total. The Balaban J connectivity index is 2.80. The number of hydrogen-bond donors (Lipinski definition) is 2. The zero-order valence-electron chi connectivity index (χ0n) is 8.70. The van der Waals surface area contributed by atoms with E-state index in [0.717, 1.165) is 6.07 Å². The lowest BCUT2D eigenvalue weighted by atomic mass is 10.1. The lowest BCUT2D eigenvalue weighted by Gasteiger charge is -2.11. The van der Waals surface area contributed by atoms with Crippen molar-refractivity contribution in [3.8, 4) is 22.6 Å². The van der Waals surface area contributed by atoms with Gasteiger partial charge >= 0.3 is 0 Å². The standard InChI is InChI=1S/C10H8ClFN2O3/c1-16-9-6(15)2-5(11)8(12)7(9)4-3-14-17-10(4)13/h2-3,15H,13H2,1H3. The summed E-state index contributed by atoms with van der Waals surface area (Å²) < 4.78 is 23.5. The maximum atomic E-state index is 13.9. The quantitative estimate of drug-likeness (QED) is 0.865. The molecule has 0 spiro atoms. The van der Waals surface area contributed by atoms with Gasteiger partial charge in [0.2, 0.25) is 5.88 Å². The molecule has 1 aromatic heterocycles. The first-order chi connectivity index (χ1) is 8.06. The van der Waals surface area contributed by atoms with Gasteiger partial charge in [-0.05, 0) is 0 Å². The highest BCUT2D eigenvalue weighted by atomic mass is 35.5. The summed E-state index contributed by atoms with van der Waals surface area (Å²) in [5.74, 6) is -1.24. The molecule has 0 aliphatic heterocycles. The third kappa shape index (κ3) is 1.76. The van der Waals surface area contributed by atoms with Crippen LogP contribution in [0.1, 0.15) is 0 Å². The summed E-state index contributed by atoms with van der Waals surface area (Å²) in [6, 6.07) is 1.04. The molecule has 5 nitrogen and oxygen atoms in total. The van der Waals surface area contributed by atoms with Crippen molar-refractivity contribution in [2.75, 3.05) is 12.8 Å². The SMILES string of the molecule is COc1c(O)cc(Cl)c(F)c1-c1cnoc1N. The van der Waals surface area contributed by atoms with E-state index in [-0.39, 0.29) is 33.5 Å². The number of aromatic nitrogens is 1. The van der Waals surface area contributed by atoms with Crippen LogP contribution >= 0.6 is 11.6 Å². The van der Waals surface area contributed by atoms with E-state index in [1.54, 1.807) is 0 Å². The first-order valence-corrected chi connectivity index (χ1v) is 4.89. The minimum atomic E-state index is -0.767. The number of halogens is 2. The fraction of sp³-hybridized carbons (Fsp3) is 0.100. The zero-order valence-corrected chi connectivity index (χ0v) is 9.45. The number of phenols is 1. The van der Waals surface area contributed by atoms with Crippen LogP contribution in [-0.4, -0.2) is 17.4 Å². The summed E-state index contributed by atoms with van der Waals surface area (Å²) >= 11 is 5.63. The fourth-order valence-corrected chi connectivity index (χ4v) is 1.68. The van der Waals surface area contributed by atoms with Crippen LogP contribution in [0.3, 0.4) is 0 Å². The summed E-state index contributed by atoms with van der Waals surface area (Å²) in [5.41, 5.74) is 5.57. The van der Waals surface area contributed by atoms with Crippen LogP contribution in [0.25, 0.3) is 11.1 Å². The molecular weight excluding hydrogens is 251 g/mol. The molecule has 0 unspecified atom stereocenters. The molecule has 1 aromatic carbocycles. The highest BCUT2D eigenvalue weighted by Crippen LogP contribution is 2.44. The van der Waals surface area contributed by atoms with E-state index in [1.165, 1.54) is 13.3 Å². The number of aromatic hydroxyl groups is 1. The molecule has 1 heterocycles. The van der Waals surface area contributed by atoms with Gasteiger partial charge in [-0.3, -0.25) is 0 Å². The molecule has 0 amide bonds. The summed E-state index contributed by atoms with van der Waals surface area (Å²) in [5, 5.41) is 12.8. The normalized spacial score (nSPS) is 10.5. The number of methoxy groups -OCH3 is 1. The smallest absolute Gasteiger partial charge is 0.230 e. The van der Waals surface area contributed by atoms with Gasteiger partial charge in [-0.1, -0.05) is 16.8 Å². The lowest BCUT2D eigenvalue weighted by molar-refractivity contribution is 0.372. The Labute approximate surface area is 101 Å². The van der Waals surface area contributed by atoms with Crippen LogP contribution in [0.15, 0.2) is 16.8 Å². The maximum Gasteiger partial charge on any atom is 0.230 e. The predicted molar refractivity (Wildman–Crippen MR) is 59.5 cm³/mol. The zero-order chi connectivity index (χ0) is 12.6. The molecule has 2 aromatic rings. The van der Waals surface area contributed by atoms with Crippen LogP contribution in [0.5, 0.6) is 11.5 Å². The Morgan fingerprint density at radius 2 is 2.29 bits per heavy atom. The molecule has 90 valence electrons. The number of rotatable bonds is 2. The van der Waals surface area contributed by atoms with E-state index in [4.69, 9.17) is 22.1 Å². The third-order valence-corrected chi connectivity index (χ3v) is 2.50. The Bertz CT molecular complexity index is 571. The van der Waals surface area contributed by atoms with Crippen molar-refractivity contribution in [3.05, 3.63) is 23.1 Å². The Hall–Kier alpha value is -1.95. The van der Waals surface area contributed by atoms with Crippen molar-refractivity contribution < 1.29 is 18.8 Å². The monoisotopic (exact) mass is 258 g/mol. The second kappa shape index (κ2) is 4.14. The summed E-state index contributed by atoms with van der Waals surface area (Å²) in [6.45, 7) is 0. The Morgan fingerprint density at radius 1 is 1.59 bits per heavy atom. The lowest BCUT2D eigenvalue weighted by Crippen LogP contribution is -1.95. The van der Waals surface area contributed by atoms with Crippen molar-refractivity contribution in [1.82, 2.24) is 5.16 Å². The number of nitrogens with two attached hydrogens (primary N) is 1. The van der Waals surface area contributed by atoms with Gasteiger partial charge in [0, 0.05) is 6.07 Å². The molecule has 0 aliphatic rings. The molecular formula is C10H8ClFN2O3. The number of benzene rings is 1. The molecule has 0 aliphatic carbocycles. The number of nitrogen functional groups attached to an aromatic ring is 1. The minimum Gasteiger partial charge on any atom is -0.504 e. The van der Waals surface area contributed by atoms with Crippen LogP contribution in [0.2, 0.25) is 5.02 Å². The fourth-order valence-electron chi connectivity index (χ4n) is 1.48. The van der Waals surface area contributed by atoms with Crippen LogP contribution < -0.4 is 10.5 Å². The van der Waals surface area contributed by atoms with Crippen LogP contribution in [0, 0.1) is 5.82 Å². The van der Waals surface area contributed by atoms with Crippen LogP contribution in [-0.2, 0) is 0 Å². The van der Waals surface area contributed by atoms with Gasteiger partial charge in [0.05, 0.1) is 29.5 Å². The van der Waals surface area contributed by atoms with Crippen LogP contribution in [0.4, 0.5) is 10.3 Å². The van der Waals surface area contributed by atoms with E-state index in [9.17, 15) is 9.50 Å². The van der Waals surface area contributed by atoms with Crippen molar-refractivity contribution >= 4 is 17.5 Å². The summed E-state index contributed by atoms with van der Waals surface area (Å²) in [7, 11) is 1.29. The molecule has 0 bridgehead atoms. The van der Waals surface area contributed by atoms with Crippen molar-refractivity contribution in [2.45, 2.75) is 0 Å².